The van der Waals surface area contributed by atoms with E-state index < -0.39 is 0 Å². The summed E-state index contributed by atoms with van der Waals surface area (Å²) >= 11 is 0. The van der Waals surface area contributed by atoms with Crippen molar-refractivity contribution >= 4 is 5.82 Å². The Labute approximate surface area is 78.1 Å². The van der Waals surface area contributed by atoms with E-state index in [-0.39, 0.29) is 6.04 Å². The molecule has 4 nitrogen and oxygen atoms in total. The molecule has 0 aliphatic rings. The number of methoxy groups -OCH3 is 1. The van der Waals surface area contributed by atoms with Crippen LogP contribution in [-0.4, -0.2) is 24.7 Å². The van der Waals surface area contributed by atoms with E-state index in [1.807, 2.05) is 13.0 Å². The van der Waals surface area contributed by atoms with Gasteiger partial charge in [-0.3, -0.25) is 0 Å². The van der Waals surface area contributed by atoms with Gasteiger partial charge in [-0.05, 0) is 13.0 Å². The molecule has 1 aromatic rings. The predicted molar refractivity (Wildman–Crippen MR) is 52.9 cm³/mol. The van der Waals surface area contributed by atoms with E-state index >= 15 is 0 Å². The maximum absolute atomic E-state index is 5.59. The molecule has 1 heterocycles. The van der Waals surface area contributed by atoms with Gasteiger partial charge in [-0.1, -0.05) is 0 Å². The number of aromatic nitrogens is 1. The molecule has 0 spiro atoms. The molecule has 1 rings (SSSR count). The summed E-state index contributed by atoms with van der Waals surface area (Å²) in [6.07, 6.45) is 1.70. The molecule has 4 heteroatoms. The number of nitrogens with two attached hydrogens (primary N) is 1. The van der Waals surface area contributed by atoms with E-state index in [1.54, 1.807) is 19.4 Å². The van der Waals surface area contributed by atoms with Crippen molar-refractivity contribution in [2.24, 2.45) is 5.73 Å². The first-order valence-electron chi connectivity index (χ1n) is 4.22. The van der Waals surface area contributed by atoms with Crippen molar-refractivity contribution in [3.05, 3.63) is 18.3 Å². The standard InChI is InChI=1S/C9H15N3O/c1-7(10)6-12-9-5-8(13-2)3-4-11-9/h3-5,7H,6,10H2,1-2H3,(H,11,12). The molecule has 0 bridgehead atoms. The van der Waals surface area contributed by atoms with E-state index in [0.717, 1.165) is 11.6 Å². The third-order valence-electron chi connectivity index (χ3n) is 1.57. The van der Waals surface area contributed by atoms with Gasteiger partial charge >= 0.3 is 0 Å². The zero-order valence-corrected chi connectivity index (χ0v) is 7.95. The van der Waals surface area contributed by atoms with Crippen LogP contribution in [0.1, 0.15) is 6.92 Å². The third kappa shape index (κ3) is 3.29. The Hall–Kier alpha value is -1.29. The smallest absolute Gasteiger partial charge is 0.129 e. The fourth-order valence-electron chi connectivity index (χ4n) is 0.900. The fraction of sp³-hybridized carbons (Fsp3) is 0.444. The molecule has 1 aromatic heterocycles. The summed E-state index contributed by atoms with van der Waals surface area (Å²) in [5.74, 6) is 1.58. The molecule has 13 heavy (non-hydrogen) atoms. The zero-order valence-electron chi connectivity index (χ0n) is 7.95. The second-order valence-corrected chi connectivity index (χ2v) is 2.94. The minimum absolute atomic E-state index is 0.119. The Morgan fingerprint density at radius 3 is 3.08 bits per heavy atom. The highest BCUT2D eigenvalue weighted by atomic mass is 16.5. The van der Waals surface area contributed by atoms with E-state index in [1.165, 1.54) is 0 Å². The predicted octanol–water partition coefficient (Wildman–Crippen LogP) is 0.849. The zero-order chi connectivity index (χ0) is 9.68. The quantitative estimate of drug-likeness (QED) is 0.723. The fourth-order valence-corrected chi connectivity index (χ4v) is 0.900. The molecule has 0 saturated carbocycles. The molecule has 1 unspecified atom stereocenters. The first-order valence-corrected chi connectivity index (χ1v) is 4.22. The monoisotopic (exact) mass is 181 g/mol. The maximum Gasteiger partial charge on any atom is 0.129 e. The average Bonchev–Trinajstić information content (AvgIpc) is 2.15. The van der Waals surface area contributed by atoms with Crippen LogP contribution in [0.15, 0.2) is 18.3 Å². The second-order valence-electron chi connectivity index (χ2n) is 2.94. The lowest BCUT2D eigenvalue weighted by Crippen LogP contribution is -2.25. The van der Waals surface area contributed by atoms with Crippen molar-refractivity contribution in [1.29, 1.82) is 0 Å². The van der Waals surface area contributed by atoms with Crippen LogP contribution < -0.4 is 15.8 Å². The molecule has 1 atom stereocenters. The first-order chi connectivity index (χ1) is 6.22. The molecule has 0 fully saturated rings. The second kappa shape index (κ2) is 4.67. The largest absolute Gasteiger partial charge is 0.497 e. The minimum atomic E-state index is 0.119. The molecular weight excluding hydrogens is 166 g/mol. The van der Waals surface area contributed by atoms with Gasteiger partial charge in [-0.15, -0.1) is 0 Å². The van der Waals surface area contributed by atoms with Crippen LogP contribution in [0.5, 0.6) is 5.75 Å². The number of anilines is 1. The summed E-state index contributed by atoms with van der Waals surface area (Å²) in [6.45, 7) is 2.65. The molecule has 0 aliphatic carbocycles. The SMILES string of the molecule is COc1ccnc(NCC(C)N)c1. The summed E-state index contributed by atoms with van der Waals surface area (Å²) in [4.78, 5) is 4.11. The summed E-state index contributed by atoms with van der Waals surface area (Å²) in [7, 11) is 1.63. The lowest BCUT2D eigenvalue weighted by atomic mass is 10.3. The lowest BCUT2D eigenvalue weighted by Gasteiger charge is -2.08. The first kappa shape index (κ1) is 9.80. The van der Waals surface area contributed by atoms with Gasteiger partial charge < -0.3 is 15.8 Å². The van der Waals surface area contributed by atoms with Crippen molar-refractivity contribution in [2.75, 3.05) is 19.0 Å². The molecule has 0 amide bonds. The van der Waals surface area contributed by atoms with E-state index in [9.17, 15) is 0 Å². The van der Waals surface area contributed by atoms with Crippen molar-refractivity contribution in [1.82, 2.24) is 4.98 Å². The van der Waals surface area contributed by atoms with Crippen molar-refractivity contribution in [3.8, 4) is 5.75 Å². The van der Waals surface area contributed by atoms with Gasteiger partial charge in [0.1, 0.15) is 11.6 Å². The highest BCUT2D eigenvalue weighted by molar-refractivity contribution is 5.40. The molecule has 3 N–H and O–H groups in total. The molecular formula is C9H15N3O. The van der Waals surface area contributed by atoms with E-state index in [2.05, 4.69) is 10.3 Å². The van der Waals surface area contributed by atoms with Crippen LogP contribution in [0.25, 0.3) is 0 Å². The van der Waals surface area contributed by atoms with Gasteiger partial charge in [0.15, 0.2) is 0 Å². The maximum atomic E-state index is 5.59. The van der Waals surface area contributed by atoms with Gasteiger partial charge in [-0.2, -0.15) is 0 Å². The Morgan fingerprint density at radius 1 is 1.69 bits per heavy atom. The Bertz CT molecular complexity index is 263. The topological polar surface area (TPSA) is 60.2 Å². The number of pyridine rings is 1. The number of hydrogen-bond acceptors (Lipinski definition) is 4. The van der Waals surface area contributed by atoms with Gasteiger partial charge in [-0.25, -0.2) is 4.98 Å². The lowest BCUT2D eigenvalue weighted by molar-refractivity contribution is 0.414. The molecule has 0 aromatic carbocycles. The van der Waals surface area contributed by atoms with Crippen LogP contribution in [0.2, 0.25) is 0 Å². The highest BCUT2D eigenvalue weighted by Gasteiger charge is 1.97. The molecule has 72 valence electrons. The van der Waals surface area contributed by atoms with Gasteiger partial charge in [0, 0.05) is 24.8 Å². The highest BCUT2D eigenvalue weighted by Crippen LogP contribution is 2.13. The average molecular weight is 181 g/mol. The molecule has 0 radical (unpaired) electrons. The van der Waals surface area contributed by atoms with E-state index in [0.29, 0.717) is 6.54 Å². The number of rotatable bonds is 4. The van der Waals surface area contributed by atoms with E-state index in [4.69, 9.17) is 10.5 Å². The number of hydrogen-bond donors (Lipinski definition) is 2. The summed E-state index contributed by atoms with van der Waals surface area (Å²) in [6, 6.07) is 3.76. The number of ether oxygens (including phenoxy) is 1. The van der Waals surface area contributed by atoms with Crippen LogP contribution in [0.4, 0.5) is 5.82 Å². The number of nitrogens with one attached hydrogen (secondary N) is 1. The normalized spacial score (nSPS) is 12.2. The summed E-state index contributed by atoms with van der Waals surface area (Å²) in [5.41, 5.74) is 5.59. The van der Waals surface area contributed by atoms with Gasteiger partial charge in [0.25, 0.3) is 0 Å². The summed E-state index contributed by atoms with van der Waals surface area (Å²) < 4.78 is 5.05. The van der Waals surface area contributed by atoms with Crippen LogP contribution in [0.3, 0.4) is 0 Å². The Balaban J connectivity index is 2.56. The number of nitrogens with zero attached hydrogens (tertiary/aromatic N) is 1. The van der Waals surface area contributed by atoms with Gasteiger partial charge in [0.05, 0.1) is 7.11 Å². The van der Waals surface area contributed by atoms with Crippen molar-refractivity contribution < 1.29 is 4.74 Å². The third-order valence-corrected chi connectivity index (χ3v) is 1.57. The van der Waals surface area contributed by atoms with Gasteiger partial charge in [0.2, 0.25) is 0 Å². The molecule has 0 saturated heterocycles. The van der Waals surface area contributed by atoms with Crippen molar-refractivity contribution in [2.45, 2.75) is 13.0 Å². The van der Waals surface area contributed by atoms with Crippen LogP contribution in [0, 0.1) is 0 Å². The Morgan fingerprint density at radius 2 is 2.46 bits per heavy atom. The summed E-state index contributed by atoms with van der Waals surface area (Å²) in [5, 5.41) is 3.10. The molecule has 0 aliphatic heterocycles. The minimum Gasteiger partial charge on any atom is -0.497 e. The van der Waals surface area contributed by atoms with Crippen molar-refractivity contribution in [3.63, 3.8) is 0 Å². The van der Waals surface area contributed by atoms with Crippen LogP contribution in [-0.2, 0) is 0 Å². The Kier molecular flexibility index (Phi) is 3.52. The van der Waals surface area contributed by atoms with Crippen LogP contribution >= 0.6 is 0 Å².